The molecule has 4 rings (SSSR count). The highest BCUT2D eigenvalue weighted by Gasteiger charge is 2.15. The first kappa shape index (κ1) is 20.1. The van der Waals surface area contributed by atoms with Gasteiger partial charge in [0.15, 0.2) is 0 Å². The third-order valence-corrected chi connectivity index (χ3v) is 5.22. The lowest BCUT2D eigenvalue weighted by molar-refractivity contribution is -0.121. The van der Waals surface area contributed by atoms with Crippen LogP contribution in [0, 0.1) is 5.82 Å². The predicted octanol–water partition coefficient (Wildman–Crippen LogP) is 3.36. The first-order valence-corrected chi connectivity index (χ1v) is 10.1. The molecule has 0 fully saturated rings. The van der Waals surface area contributed by atoms with Gasteiger partial charge in [0, 0.05) is 23.4 Å². The summed E-state index contributed by atoms with van der Waals surface area (Å²) in [6.45, 7) is 2.17. The van der Waals surface area contributed by atoms with Crippen molar-refractivity contribution in [1.29, 1.82) is 0 Å². The Balaban J connectivity index is 1.55. The number of amides is 1. The summed E-state index contributed by atoms with van der Waals surface area (Å²) in [5, 5.41) is 8.47. The molecule has 1 N–H and O–H groups in total. The molecule has 6 nitrogen and oxygen atoms in total. The zero-order valence-corrected chi connectivity index (χ0v) is 17.1. The highest BCUT2D eigenvalue weighted by Crippen LogP contribution is 2.20. The van der Waals surface area contributed by atoms with Crippen molar-refractivity contribution in [1.82, 2.24) is 19.5 Å². The fourth-order valence-electron chi connectivity index (χ4n) is 3.51. The third kappa shape index (κ3) is 3.93. The van der Waals surface area contributed by atoms with Crippen molar-refractivity contribution in [3.63, 3.8) is 0 Å². The number of hydrogen-bond donors (Lipinski definition) is 1. The second-order valence-corrected chi connectivity index (χ2v) is 7.46. The van der Waals surface area contributed by atoms with Crippen LogP contribution < -0.4 is 10.9 Å². The Morgan fingerprint density at radius 2 is 1.90 bits per heavy atom. The number of aromatic nitrogens is 3. The second-order valence-electron chi connectivity index (χ2n) is 7.03. The lowest BCUT2D eigenvalue weighted by atomic mass is 10.1. The molecule has 30 heavy (non-hydrogen) atoms. The first-order chi connectivity index (χ1) is 14.5. The fraction of sp³-hybridized carbons (Fsp3) is 0.227. The van der Waals surface area contributed by atoms with Crippen molar-refractivity contribution in [3.8, 4) is 0 Å². The molecule has 0 atom stereocenters. The molecule has 8 heteroatoms. The van der Waals surface area contributed by atoms with Crippen molar-refractivity contribution >= 4 is 33.9 Å². The van der Waals surface area contributed by atoms with E-state index >= 15 is 0 Å². The first-order valence-electron chi connectivity index (χ1n) is 9.68. The largest absolute Gasteiger partial charge is 0.354 e. The van der Waals surface area contributed by atoms with Crippen LogP contribution in [-0.2, 0) is 24.2 Å². The Bertz CT molecular complexity index is 1290. The van der Waals surface area contributed by atoms with Crippen LogP contribution in [0.5, 0.6) is 0 Å². The van der Waals surface area contributed by atoms with Crippen LogP contribution in [0.25, 0.3) is 16.4 Å². The number of aryl methyl sites for hydroxylation is 1. The van der Waals surface area contributed by atoms with Gasteiger partial charge in [0.25, 0.3) is 5.56 Å². The van der Waals surface area contributed by atoms with E-state index in [0.717, 1.165) is 5.56 Å². The maximum absolute atomic E-state index is 13.6. The summed E-state index contributed by atoms with van der Waals surface area (Å²) in [6, 6.07) is 13.4. The molecule has 2 heterocycles. The summed E-state index contributed by atoms with van der Waals surface area (Å²) < 4.78 is 16.5. The van der Waals surface area contributed by atoms with Crippen molar-refractivity contribution in [2.24, 2.45) is 0 Å². The van der Waals surface area contributed by atoms with Crippen LogP contribution in [-0.4, -0.2) is 26.6 Å². The average molecular weight is 427 g/mol. The Morgan fingerprint density at radius 3 is 2.63 bits per heavy atom. The van der Waals surface area contributed by atoms with Gasteiger partial charge in [-0.1, -0.05) is 30.7 Å². The third-order valence-electron chi connectivity index (χ3n) is 4.97. The normalized spacial score (nSPS) is 11.3. The molecule has 0 aliphatic heterocycles. The lowest BCUT2D eigenvalue weighted by Crippen LogP contribution is -2.36. The summed E-state index contributed by atoms with van der Waals surface area (Å²) in [5.41, 5.74) is 1.75. The topological polar surface area (TPSA) is 68.4 Å². The number of fused-ring (bicyclic) bond motifs is 3. The van der Waals surface area contributed by atoms with E-state index in [2.05, 4.69) is 10.4 Å². The van der Waals surface area contributed by atoms with Gasteiger partial charge < -0.3 is 5.32 Å². The Kier molecular flexibility index (Phi) is 5.55. The van der Waals surface area contributed by atoms with Gasteiger partial charge in [-0.3, -0.25) is 14.0 Å². The van der Waals surface area contributed by atoms with Crippen molar-refractivity contribution in [2.75, 3.05) is 6.54 Å². The smallest absolute Gasteiger partial charge is 0.291 e. The molecule has 0 unspecified atom stereocenters. The van der Waals surface area contributed by atoms with Gasteiger partial charge in [-0.25, -0.2) is 9.07 Å². The van der Waals surface area contributed by atoms with Crippen LogP contribution in [0.1, 0.15) is 18.3 Å². The minimum atomic E-state index is -0.392. The summed E-state index contributed by atoms with van der Waals surface area (Å²) in [7, 11) is 0. The number of halogens is 2. The molecule has 0 bridgehead atoms. The van der Waals surface area contributed by atoms with Gasteiger partial charge in [-0.15, -0.1) is 0 Å². The standard InChI is InChI=1S/C22H20ClFN4O2/c1-2-20-26-27(13-21(29)25-10-9-14-3-5-16(23)6-4-14)22(30)19-12-15-11-17(24)7-8-18(15)28(19)20/h3-8,11-12H,2,9-10,13H2,1H3,(H,25,29). The number of hydrogen-bond acceptors (Lipinski definition) is 3. The summed E-state index contributed by atoms with van der Waals surface area (Å²) in [5.74, 6) is -0.0444. The number of carbonyl (C=O) groups excluding carboxylic acids is 1. The van der Waals surface area contributed by atoms with E-state index in [1.165, 1.54) is 16.8 Å². The van der Waals surface area contributed by atoms with E-state index in [1.807, 2.05) is 19.1 Å². The van der Waals surface area contributed by atoms with Crippen LogP contribution in [0.2, 0.25) is 5.02 Å². The molecule has 4 aromatic rings. The van der Waals surface area contributed by atoms with Crippen molar-refractivity contribution in [3.05, 3.63) is 81.1 Å². The number of carbonyl (C=O) groups is 1. The summed E-state index contributed by atoms with van der Waals surface area (Å²) in [6.07, 6.45) is 1.20. The molecule has 0 spiro atoms. The van der Waals surface area contributed by atoms with Gasteiger partial charge in [0.1, 0.15) is 23.7 Å². The molecule has 1 amide bonds. The molecule has 0 saturated heterocycles. The fourth-order valence-corrected chi connectivity index (χ4v) is 3.63. The second kappa shape index (κ2) is 8.28. The van der Waals surface area contributed by atoms with Crippen LogP contribution >= 0.6 is 11.6 Å². The summed E-state index contributed by atoms with van der Waals surface area (Å²) >= 11 is 5.87. The van der Waals surface area contributed by atoms with E-state index < -0.39 is 5.56 Å². The minimum absolute atomic E-state index is 0.182. The van der Waals surface area contributed by atoms with Gasteiger partial charge in [0.05, 0.1) is 5.52 Å². The zero-order valence-electron chi connectivity index (χ0n) is 16.4. The average Bonchev–Trinajstić information content (AvgIpc) is 3.10. The van der Waals surface area contributed by atoms with Crippen LogP contribution in [0.3, 0.4) is 0 Å². The number of nitrogens with one attached hydrogen (secondary N) is 1. The maximum Gasteiger partial charge on any atom is 0.291 e. The molecule has 0 aliphatic rings. The Hall–Kier alpha value is -3.19. The quantitative estimate of drug-likeness (QED) is 0.514. The maximum atomic E-state index is 13.6. The van der Waals surface area contributed by atoms with Gasteiger partial charge >= 0.3 is 0 Å². The Morgan fingerprint density at radius 1 is 1.13 bits per heavy atom. The lowest BCUT2D eigenvalue weighted by Gasteiger charge is -2.10. The van der Waals surface area contributed by atoms with E-state index in [4.69, 9.17) is 11.6 Å². The molecule has 2 aromatic carbocycles. The Labute approximate surface area is 176 Å². The molecule has 2 aromatic heterocycles. The van der Waals surface area contributed by atoms with Gasteiger partial charge in [-0.2, -0.15) is 5.10 Å². The van der Waals surface area contributed by atoms with E-state index in [9.17, 15) is 14.0 Å². The SMILES string of the molecule is CCc1nn(CC(=O)NCCc2ccc(Cl)cc2)c(=O)c2cc3cc(F)ccc3n12. The monoisotopic (exact) mass is 426 g/mol. The van der Waals surface area contributed by atoms with Crippen LogP contribution in [0.4, 0.5) is 4.39 Å². The molecule has 0 saturated carbocycles. The van der Waals surface area contributed by atoms with E-state index in [0.29, 0.717) is 46.7 Å². The minimum Gasteiger partial charge on any atom is -0.354 e. The van der Waals surface area contributed by atoms with E-state index in [1.54, 1.807) is 28.7 Å². The van der Waals surface area contributed by atoms with Crippen molar-refractivity contribution < 1.29 is 9.18 Å². The molecule has 154 valence electrons. The zero-order chi connectivity index (χ0) is 21.3. The highest BCUT2D eigenvalue weighted by atomic mass is 35.5. The van der Waals surface area contributed by atoms with Gasteiger partial charge in [-0.05, 0) is 48.4 Å². The highest BCUT2D eigenvalue weighted by molar-refractivity contribution is 6.30. The molecule has 0 aliphatic carbocycles. The molecular weight excluding hydrogens is 407 g/mol. The van der Waals surface area contributed by atoms with Crippen LogP contribution in [0.15, 0.2) is 53.3 Å². The molecular formula is C22H20ClFN4O2. The van der Waals surface area contributed by atoms with Crippen molar-refractivity contribution in [2.45, 2.75) is 26.3 Å². The summed E-state index contributed by atoms with van der Waals surface area (Å²) in [4.78, 5) is 25.3. The molecule has 0 radical (unpaired) electrons. The number of rotatable bonds is 6. The number of nitrogens with zero attached hydrogens (tertiary/aromatic N) is 3. The predicted molar refractivity (Wildman–Crippen MR) is 114 cm³/mol. The van der Waals surface area contributed by atoms with E-state index in [-0.39, 0.29) is 18.3 Å². The van der Waals surface area contributed by atoms with Gasteiger partial charge in [0.2, 0.25) is 5.91 Å². The number of benzene rings is 2.